The van der Waals surface area contributed by atoms with E-state index in [0.717, 1.165) is 29.3 Å². The Morgan fingerprint density at radius 3 is 2.89 bits per heavy atom. The van der Waals surface area contributed by atoms with Crippen LogP contribution in [-0.2, 0) is 0 Å². The molecule has 1 aromatic heterocycles. The van der Waals surface area contributed by atoms with Gasteiger partial charge in [0, 0.05) is 23.8 Å². The molecule has 96 valence electrons. The van der Waals surface area contributed by atoms with Crippen LogP contribution in [0.4, 0.5) is 0 Å². The average Bonchev–Trinajstić information content (AvgIpc) is 2.83. The van der Waals surface area contributed by atoms with Gasteiger partial charge in [-0.25, -0.2) is 0 Å². The molecule has 0 saturated heterocycles. The van der Waals surface area contributed by atoms with Gasteiger partial charge >= 0.3 is 0 Å². The van der Waals surface area contributed by atoms with E-state index < -0.39 is 0 Å². The highest BCUT2D eigenvalue weighted by molar-refractivity contribution is 9.09. The Bertz CT molecular complexity index is 535. The van der Waals surface area contributed by atoms with Crippen molar-refractivity contribution in [3.8, 4) is 0 Å². The smallest absolute Gasteiger partial charge is 0.257 e. The summed E-state index contributed by atoms with van der Waals surface area (Å²) in [5, 5.41) is 1.79. The number of halogens is 1. The molecular formula is C14H16BrNO2. The minimum Gasteiger partial charge on any atom is -0.463 e. The van der Waals surface area contributed by atoms with Crippen LogP contribution >= 0.6 is 15.9 Å². The molecule has 2 aromatic rings. The van der Waals surface area contributed by atoms with Crippen LogP contribution in [-0.4, -0.2) is 29.2 Å². The first-order valence-electron chi connectivity index (χ1n) is 6.09. The topological polar surface area (TPSA) is 33.5 Å². The van der Waals surface area contributed by atoms with Gasteiger partial charge in [0.2, 0.25) is 0 Å². The molecule has 0 unspecified atom stereocenters. The maximum absolute atomic E-state index is 12.4. The van der Waals surface area contributed by atoms with Crippen molar-refractivity contribution in [1.82, 2.24) is 4.90 Å². The fourth-order valence-corrected chi connectivity index (χ4v) is 2.22. The van der Waals surface area contributed by atoms with Gasteiger partial charge in [0.15, 0.2) is 0 Å². The minimum atomic E-state index is 0.0448. The van der Waals surface area contributed by atoms with Crippen molar-refractivity contribution >= 4 is 32.8 Å². The maximum atomic E-state index is 12.4. The molecule has 0 bridgehead atoms. The second kappa shape index (κ2) is 6.05. The second-order valence-corrected chi connectivity index (χ2v) is 4.87. The molecular weight excluding hydrogens is 294 g/mol. The molecule has 1 heterocycles. The van der Waals surface area contributed by atoms with E-state index in [1.54, 1.807) is 6.26 Å². The van der Waals surface area contributed by atoms with Crippen LogP contribution in [0.5, 0.6) is 0 Å². The minimum absolute atomic E-state index is 0.0448. The molecule has 0 spiro atoms. The number of hydrogen-bond acceptors (Lipinski definition) is 2. The summed E-state index contributed by atoms with van der Waals surface area (Å²) >= 11 is 3.39. The summed E-state index contributed by atoms with van der Waals surface area (Å²) in [4.78, 5) is 14.3. The highest BCUT2D eigenvalue weighted by atomic mass is 79.9. The number of furan rings is 1. The fourth-order valence-electron chi connectivity index (χ4n) is 1.97. The SMILES string of the molecule is CCN(CCCBr)C(=O)c1coc2ccccc12. The highest BCUT2D eigenvalue weighted by Gasteiger charge is 2.18. The summed E-state index contributed by atoms with van der Waals surface area (Å²) in [5.74, 6) is 0.0448. The van der Waals surface area contributed by atoms with E-state index in [4.69, 9.17) is 4.42 Å². The Kier molecular flexibility index (Phi) is 4.42. The molecule has 18 heavy (non-hydrogen) atoms. The van der Waals surface area contributed by atoms with Gasteiger partial charge in [0.25, 0.3) is 5.91 Å². The van der Waals surface area contributed by atoms with Crippen molar-refractivity contribution in [3.63, 3.8) is 0 Å². The van der Waals surface area contributed by atoms with Gasteiger partial charge in [-0.3, -0.25) is 4.79 Å². The molecule has 0 radical (unpaired) electrons. The summed E-state index contributed by atoms with van der Waals surface area (Å²) in [6, 6.07) is 7.62. The number of hydrogen-bond donors (Lipinski definition) is 0. The summed E-state index contributed by atoms with van der Waals surface area (Å²) < 4.78 is 5.41. The third-order valence-corrected chi connectivity index (χ3v) is 3.50. The quantitative estimate of drug-likeness (QED) is 0.789. The first-order chi connectivity index (χ1) is 8.77. The van der Waals surface area contributed by atoms with Crippen LogP contribution in [0.25, 0.3) is 11.0 Å². The average molecular weight is 310 g/mol. The van der Waals surface area contributed by atoms with Gasteiger partial charge in [-0.1, -0.05) is 34.1 Å². The van der Waals surface area contributed by atoms with Crippen molar-refractivity contribution in [2.45, 2.75) is 13.3 Å². The number of nitrogens with zero attached hydrogens (tertiary/aromatic N) is 1. The fraction of sp³-hybridized carbons (Fsp3) is 0.357. The molecule has 0 fully saturated rings. The van der Waals surface area contributed by atoms with E-state index in [9.17, 15) is 4.79 Å². The van der Waals surface area contributed by atoms with Gasteiger partial charge in [0.05, 0.1) is 5.56 Å². The third-order valence-electron chi connectivity index (χ3n) is 2.94. The van der Waals surface area contributed by atoms with E-state index in [2.05, 4.69) is 15.9 Å². The van der Waals surface area contributed by atoms with Crippen molar-refractivity contribution < 1.29 is 9.21 Å². The van der Waals surface area contributed by atoms with Crippen molar-refractivity contribution in [2.24, 2.45) is 0 Å². The predicted molar refractivity (Wildman–Crippen MR) is 76.2 cm³/mol. The number of para-hydroxylation sites is 1. The first-order valence-corrected chi connectivity index (χ1v) is 7.21. The number of carbonyl (C=O) groups is 1. The lowest BCUT2D eigenvalue weighted by atomic mass is 10.1. The zero-order chi connectivity index (χ0) is 13.0. The lowest BCUT2D eigenvalue weighted by Gasteiger charge is -2.19. The normalized spacial score (nSPS) is 10.8. The molecule has 1 aromatic carbocycles. The van der Waals surface area contributed by atoms with Crippen LogP contribution in [0.15, 0.2) is 34.9 Å². The Morgan fingerprint density at radius 1 is 1.39 bits per heavy atom. The standard InChI is InChI=1S/C14H16BrNO2/c1-2-16(9-5-8-15)14(17)12-10-18-13-7-4-3-6-11(12)13/h3-4,6-7,10H,2,5,8-9H2,1H3. The molecule has 0 aliphatic heterocycles. The molecule has 0 N–H and O–H groups in total. The number of rotatable bonds is 5. The predicted octanol–water partition coefficient (Wildman–Crippen LogP) is 3.68. The summed E-state index contributed by atoms with van der Waals surface area (Å²) in [6.45, 7) is 3.47. The van der Waals surface area contributed by atoms with E-state index in [0.29, 0.717) is 12.1 Å². The number of alkyl halides is 1. The third kappa shape index (κ3) is 2.58. The van der Waals surface area contributed by atoms with Crippen molar-refractivity contribution in [3.05, 3.63) is 36.1 Å². The molecule has 2 rings (SSSR count). The number of fused-ring (bicyclic) bond motifs is 1. The van der Waals surface area contributed by atoms with Gasteiger partial charge in [-0.2, -0.15) is 0 Å². The Hall–Kier alpha value is -1.29. The van der Waals surface area contributed by atoms with Crippen molar-refractivity contribution in [2.75, 3.05) is 18.4 Å². The molecule has 0 aliphatic carbocycles. The van der Waals surface area contributed by atoms with E-state index in [1.165, 1.54) is 0 Å². The summed E-state index contributed by atoms with van der Waals surface area (Å²) in [7, 11) is 0. The van der Waals surface area contributed by atoms with E-state index in [1.807, 2.05) is 36.1 Å². The molecule has 0 atom stereocenters. The lowest BCUT2D eigenvalue weighted by molar-refractivity contribution is 0.0766. The number of benzene rings is 1. The van der Waals surface area contributed by atoms with Crippen LogP contribution in [0.2, 0.25) is 0 Å². The van der Waals surface area contributed by atoms with Crippen molar-refractivity contribution in [1.29, 1.82) is 0 Å². The van der Waals surface area contributed by atoms with Gasteiger partial charge in [0.1, 0.15) is 11.8 Å². The van der Waals surface area contributed by atoms with Crippen LogP contribution in [0, 0.1) is 0 Å². The van der Waals surface area contributed by atoms with Gasteiger partial charge in [-0.05, 0) is 19.4 Å². The molecule has 0 saturated carbocycles. The Balaban J connectivity index is 2.26. The number of carbonyl (C=O) groups excluding carboxylic acids is 1. The molecule has 0 aliphatic rings. The Morgan fingerprint density at radius 2 is 2.17 bits per heavy atom. The van der Waals surface area contributed by atoms with Gasteiger partial charge in [-0.15, -0.1) is 0 Å². The zero-order valence-electron chi connectivity index (χ0n) is 10.4. The van der Waals surface area contributed by atoms with Crippen LogP contribution in [0.3, 0.4) is 0 Å². The van der Waals surface area contributed by atoms with Gasteiger partial charge < -0.3 is 9.32 Å². The second-order valence-electron chi connectivity index (χ2n) is 4.07. The number of amides is 1. The zero-order valence-corrected chi connectivity index (χ0v) is 11.9. The van der Waals surface area contributed by atoms with E-state index in [-0.39, 0.29) is 5.91 Å². The molecule has 4 heteroatoms. The largest absolute Gasteiger partial charge is 0.463 e. The lowest BCUT2D eigenvalue weighted by Crippen LogP contribution is -2.31. The molecule has 3 nitrogen and oxygen atoms in total. The first kappa shape index (κ1) is 13.1. The monoisotopic (exact) mass is 309 g/mol. The van der Waals surface area contributed by atoms with Crippen LogP contribution in [0.1, 0.15) is 23.7 Å². The Labute approximate surface area is 115 Å². The summed E-state index contributed by atoms with van der Waals surface area (Å²) in [6.07, 6.45) is 2.51. The maximum Gasteiger partial charge on any atom is 0.257 e. The van der Waals surface area contributed by atoms with E-state index >= 15 is 0 Å². The molecule has 1 amide bonds. The van der Waals surface area contributed by atoms with Crippen LogP contribution < -0.4 is 0 Å². The summed E-state index contributed by atoms with van der Waals surface area (Å²) in [5.41, 5.74) is 1.42. The highest BCUT2D eigenvalue weighted by Crippen LogP contribution is 2.22.